The molecule has 2 aromatic carbocycles. The van der Waals surface area contributed by atoms with Gasteiger partial charge in [0.15, 0.2) is 5.58 Å². The Balaban J connectivity index is 1.50. The highest BCUT2D eigenvalue weighted by Crippen LogP contribution is 2.36. The van der Waals surface area contributed by atoms with Gasteiger partial charge in [0.05, 0.1) is 22.7 Å². The molecule has 0 N–H and O–H groups in total. The summed E-state index contributed by atoms with van der Waals surface area (Å²) in [4.78, 5) is 26.4. The van der Waals surface area contributed by atoms with Crippen molar-refractivity contribution >= 4 is 34.1 Å². The summed E-state index contributed by atoms with van der Waals surface area (Å²) in [6.45, 7) is 1.84. The summed E-state index contributed by atoms with van der Waals surface area (Å²) in [5.41, 5.74) is -0.546. The van der Waals surface area contributed by atoms with Crippen LogP contribution >= 0.6 is 11.6 Å². The highest BCUT2D eigenvalue weighted by atomic mass is 35.5. The Labute approximate surface area is 178 Å². The topological polar surface area (TPSA) is 84.8 Å². The molecule has 8 nitrogen and oxygen atoms in total. The molecule has 0 unspecified atom stereocenters. The van der Waals surface area contributed by atoms with Gasteiger partial charge in [-0.25, -0.2) is 4.79 Å². The van der Waals surface area contributed by atoms with Gasteiger partial charge in [-0.3, -0.25) is 19.6 Å². The lowest BCUT2D eigenvalue weighted by molar-refractivity contribution is -0.384. The number of nitro benzene ring substituents is 1. The average molecular weight is 457 g/mol. The second kappa shape index (κ2) is 7.89. The zero-order chi connectivity index (χ0) is 22.3. The van der Waals surface area contributed by atoms with Crippen molar-refractivity contribution < 1.29 is 22.5 Å². The molecule has 1 aromatic heterocycles. The summed E-state index contributed by atoms with van der Waals surface area (Å²) in [5, 5.41) is 11.8. The molecular formula is C19H16ClF3N4O4. The van der Waals surface area contributed by atoms with Crippen molar-refractivity contribution in [3.05, 3.63) is 67.6 Å². The monoisotopic (exact) mass is 456 g/mol. The number of halogens is 4. The van der Waals surface area contributed by atoms with Gasteiger partial charge in [-0.05, 0) is 24.3 Å². The predicted octanol–water partition coefficient (Wildman–Crippen LogP) is 3.95. The number of piperazine rings is 1. The number of nitro groups is 1. The lowest BCUT2D eigenvalue weighted by Gasteiger charge is -2.35. The number of aromatic nitrogens is 1. The molecule has 31 heavy (non-hydrogen) atoms. The van der Waals surface area contributed by atoms with E-state index in [9.17, 15) is 28.1 Å². The van der Waals surface area contributed by atoms with Gasteiger partial charge in [-0.2, -0.15) is 13.2 Å². The molecule has 1 fully saturated rings. The van der Waals surface area contributed by atoms with Crippen LogP contribution in [0.25, 0.3) is 11.1 Å². The maximum absolute atomic E-state index is 12.9. The molecule has 164 valence electrons. The van der Waals surface area contributed by atoms with Crippen LogP contribution in [0.15, 0.2) is 45.6 Å². The van der Waals surface area contributed by atoms with E-state index < -0.39 is 28.1 Å². The summed E-state index contributed by atoms with van der Waals surface area (Å²) < 4.78 is 45.4. The minimum atomic E-state index is -4.66. The number of benzene rings is 2. The van der Waals surface area contributed by atoms with Crippen LogP contribution in [0.4, 0.5) is 24.5 Å². The Morgan fingerprint density at radius 1 is 1.10 bits per heavy atom. The van der Waals surface area contributed by atoms with Crippen molar-refractivity contribution in [2.24, 2.45) is 0 Å². The third-order valence-corrected chi connectivity index (χ3v) is 5.42. The first-order valence-corrected chi connectivity index (χ1v) is 9.63. The fourth-order valence-corrected chi connectivity index (χ4v) is 3.78. The Morgan fingerprint density at radius 2 is 1.81 bits per heavy atom. The smallest absolute Gasteiger partial charge is 0.408 e. The number of anilines is 1. The first kappa shape index (κ1) is 21.2. The van der Waals surface area contributed by atoms with E-state index in [1.54, 1.807) is 23.1 Å². The molecule has 0 amide bonds. The van der Waals surface area contributed by atoms with Gasteiger partial charge in [0.2, 0.25) is 0 Å². The van der Waals surface area contributed by atoms with Crippen molar-refractivity contribution in [1.82, 2.24) is 9.47 Å². The van der Waals surface area contributed by atoms with E-state index in [1.807, 2.05) is 4.90 Å². The van der Waals surface area contributed by atoms with Gasteiger partial charge in [-0.15, -0.1) is 0 Å². The third-order valence-electron chi connectivity index (χ3n) is 5.18. The number of alkyl halides is 3. The molecule has 0 bridgehead atoms. The van der Waals surface area contributed by atoms with Crippen molar-refractivity contribution in [2.45, 2.75) is 12.8 Å². The minimum Gasteiger partial charge on any atom is -0.408 e. The summed E-state index contributed by atoms with van der Waals surface area (Å²) in [5.74, 6) is -0.530. The SMILES string of the molecule is O=c1oc2cc(Cl)ccc2n1CN1CCN(c2ccc(C(F)(F)F)cc2[N+](=O)[O-])CC1. The van der Waals surface area contributed by atoms with E-state index in [2.05, 4.69) is 0 Å². The van der Waals surface area contributed by atoms with E-state index in [0.29, 0.717) is 48.4 Å². The van der Waals surface area contributed by atoms with Crippen molar-refractivity contribution in [2.75, 3.05) is 31.1 Å². The first-order valence-electron chi connectivity index (χ1n) is 9.25. The number of oxazole rings is 1. The molecule has 0 saturated carbocycles. The number of rotatable bonds is 4. The van der Waals surface area contributed by atoms with E-state index in [1.165, 1.54) is 4.57 Å². The van der Waals surface area contributed by atoms with Crippen molar-refractivity contribution in [3.63, 3.8) is 0 Å². The second-order valence-electron chi connectivity index (χ2n) is 7.11. The lowest BCUT2D eigenvalue weighted by Crippen LogP contribution is -2.47. The normalized spacial score (nSPS) is 15.5. The summed E-state index contributed by atoms with van der Waals surface area (Å²) in [6, 6.07) is 7.42. The van der Waals surface area contributed by atoms with Crippen molar-refractivity contribution in [3.8, 4) is 0 Å². The van der Waals surface area contributed by atoms with Crippen LogP contribution in [0.2, 0.25) is 5.02 Å². The summed E-state index contributed by atoms with van der Waals surface area (Å²) in [7, 11) is 0. The Morgan fingerprint density at radius 3 is 2.45 bits per heavy atom. The van der Waals surface area contributed by atoms with E-state index in [0.717, 1.165) is 12.1 Å². The molecule has 1 aliphatic rings. The maximum Gasteiger partial charge on any atom is 0.421 e. The highest BCUT2D eigenvalue weighted by molar-refractivity contribution is 6.31. The molecule has 0 atom stereocenters. The fourth-order valence-electron chi connectivity index (χ4n) is 3.62. The number of fused-ring (bicyclic) bond motifs is 1. The molecule has 1 saturated heterocycles. The molecule has 3 aromatic rings. The van der Waals surface area contributed by atoms with Crippen LogP contribution in [0.5, 0.6) is 0 Å². The van der Waals surface area contributed by atoms with Crippen LogP contribution in [0, 0.1) is 10.1 Å². The number of nitrogens with zero attached hydrogens (tertiary/aromatic N) is 4. The lowest BCUT2D eigenvalue weighted by atomic mass is 10.1. The number of hydrogen-bond acceptors (Lipinski definition) is 6. The standard InChI is InChI=1S/C19H16ClF3N4O4/c20-13-2-4-15-17(10-13)31-18(28)26(15)11-24-5-7-25(8-6-24)14-3-1-12(19(21,22)23)9-16(14)27(29)30/h1-4,9-10H,5-8,11H2. The molecule has 0 aliphatic carbocycles. The van der Waals surface area contributed by atoms with Crippen LogP contribution in [0.1, 0.15) is 5.56 Å². The molecule has 0 spiro atoms. The van der Waals surface area contributed by atoms with E-state index >= 15 is 0 Å². The van der Waals surface area contributed by atoms with Crippen molar-refractivity contribution in [1.29, 1.82) is 0 Å². The van der Waals surface area contributed by atoms with Gasteiger partial charge < -0.3 is 9.32 Å². The minimum absolute atomic E-state index is 0.137. The second-order valence-corrected chi connectivity index (χ2v) is 7.55. The van der Waals surface area contributed by atoms with Crippen LogP contribution in [0.3, 0.4) is 0 Å². The predicted molar refractivity (Wildman–Crippen MR) is 107 cm³/mol. The van der Waals surface area contributed by atoms with E-state index in [-0.39, 0.29) is 12.4 Å². The van der Waals surface area contributed by atoms with Crippen LogP contribution in [-0.4, -0.2) is 40.6 Å². The average Bonchev–Trinajstić information content (AvgIpc) is 3.01. The van der Waals surface area contributed by atoms with E-state index in [4.69, 9.17) is 16.0 Å². The summed E-state index contributed by atoms with van der Waals surface area (Å²) >= 11 is 5.92. The fraction of sp³-hybridized carbons (Fsp3) is 0.316. The maximum atomic E-state index is 12.9. The van der Waals surface area contributed by atoms with Gasteiger partial charge >= 0.3 is 11.9 Å². The molecule has 4 rings (SSSR count). The van der Waals surface area contributed by atoms with Crippen LogP contribution in [-0.2, 0) is 12.8 Å². The molecule has 1 aliphatic heterocycles. The van der Waals surface area contributed by atoms with Gasteiger partial charge in [-0.1, -0.05) is 11.6 Å². The Hall–Kier alpha value is -3.05. The highest BCUT2D eigenvalue weighted by Gasteiger charge is 2.34. The zero-order valence-electron chi connectivity index (χ0n) is 15.9. The quantitative estimate of drug-likeness (QED) is 0.436. The largest absolute Gasteiger partial charge is 0.421 e. The molecule has 0 radical (unpaired) electrons. The Kier molecular flexibility index (Phi) is 5.40. The first-order chi connectivity index (χ1) is 14.6. The number of hydrogen-bond donors (Lipinski definition) is 0. The van der Waals surface area contributed by atoms with Gasteiger partial charge in [0, 0.05) is 43.3 Å². The molecule has 2 heterocycles. The molecule has 12 heteroatoms. The zero-order valence-corrected chi connectivity index (χ0v) is 16.7. The third kappa shape index (κ3) is 4.23. The summed E-state index contributed by atoms with van der Waals surface area (Å²) in [6.07, 6.45) is -4.66. The van der Waals surface area contributed by atoms with Crippen LogP contribution < -0.4 is 10.7 Å². The molecular weight excluding hydrogens is 441 g/mol. The van der Waals surface area contributed by atoms with Gasteiger partial charge in [0.1, 0.15) is 5.69 Å². The van der Waals surface area contributed by atoms with Gasteiger partial charge in [0.25, 0.3) is 5.69 Å². The Bertz CT molecular complexity index is 1200.